The fourth-order valence-corrected chi connectivity index (χ4v) is 3.82. The van der Waals surface area contributed by atoms with Crippen molar-refractivity contribution < 1.29 is 18.4 Å². The van der Waals surface area contributed by atoms with E-state index in [1.165, 1.54) is 29.2 Å². The molecule has 0 aliphatic rings. The van der Waals surface area contributed by atoms with Crippen molar-refractivity contribution in [1.82, 2.24) is 15.5 Å². The minimum absolute atomic E-state index is 0.0532. The molecule has 0 saturated heterocycles. The Bertz CT molecular complexity index is 1040. The zero-order valence-corrected chi connectivity index (χ0v) is 17.4. The lowest BCUT2D eigenvalue weighted by atomic mass is 10.2. The zero-order chi connectivity index (χ0) is 21.5. The van der Waals surface area contributed by atoms with Gasteiger partial charge in [-0.15, -0.1) is 10.2 Å². The Hall–Kier alpha value is -3.05. The van der Waals surface area contributed by atoms with E-state index in [1.807, 2.05) is 31.2 Å². The first-order chi connectivity index (χ1) is 14.4. The summed E-state index contributed by atoms with van der Waals surface area (Å²) in [7, 11) is 0. The molecule has 30 heavy (non-hydrogen) atoms. The van der Waals surface area contributed by atoms with Gasteiger partial charge in [0, 0.05) is 17.4 Å². The molecule has 0 bridgehead atoms. The molecule has 0 radical (unpaired) electrons. The number of aryl methyl sites for hydroxylation is 1. The average molecular weight is 450 g/mol. The summed E-state index contributed by atoms with van der Waals surface area (Å²) in [4.78, 5) is 23.7. The maximum atomic E-state index is 13.1. The van der Waals surface area contributed by atoms with Crippen molar-refractivity contribution in [3.8, 4) is 0 Å². The van der Waals surface area contributed by atoms with Gasteiger partial charge in [0.05, 0.1) is 12.3 Å². The van der Waals surface area contributed by atoms with Crippen LogP contribution >= 0.6 is 23.1 Å². The standard InChI is InChI=1S/C19H17F2N5O2S2/c1-11-2-4-12(5-3-11)24-18-25-26-19(30-18)29-10-17(28)22-9-16(27)23-13-6-7-14(20)15(21)8-13/h2-8H,9-10H2,1H3,(H,22,28)(H,23,27)(H,24,25). The Morgan fingerprint density at radius 3 is 2.47 bits per heavy atom. The first kappa shape index (κ1) is 21.7. The molecule has 0 fully saturated rings. The molecule has 2 amide bonds. The van der Waals surface area contributed by atoms with Crippen LogP contribution in [-0.2, 0) is 9.59 Å². The summed E-state index contributed by atoms with van der Waals surface area (Å²) in [6.45, 7) is 1.70. The number of halogens is 2. The molecular weight excluding hydrogens is 432 g/mol. The summed E-state index contributed by atoms with van der Waals surface area (Å²) in [5.74, 6) is -2.95. The van der Waals surface area contributed by atoms with E-state index < -0.39 is 17.5 Å². The molecule has 3 rings (SSSR count). The van der Waals surface area contributed by atoms with E-state index >= 15 is 0 Å². The fourth-order valence-electron chi connectivity index (χ4n) is 2.22. The first-order valence-corrected chi connectivity index (χ1v) is 10.5. The van der Waals surface area contributed by atoms with Gasteiger partial charge < -0.3 is 16.0 Å². The van der Waals surface area contributed by atoms with Crippen LogP contribution in [0.2, 0.25) is 0 Å². The number of rotatable bonds is 8. The summed E-state index contributed by atoms with van der Waals surface area (Å²) >= 11 is 2.50. The second kappa shape index (κ2) is 10.1. The van der Waals surface area contributed by atoms with E-state index in [-0.39, 0.29) is 23.9 Å². The van der Waals surface area contributed by atoms with Crippen LogP contribution in [0.1, 0.15) is 5.56 Å². The maximum Gasteiger partial charge on any atom is 0.243 e. The summed E-state index contributed by atoms with van der Waals surface area (Å²) in [6, 6.07) is 10.8. The second-order valence-electron chi connectivity index (χ2n) is 6.11. The fraction of sp³-hybridized carbons (Fsp3) is 0.158. The van der Waals surface area contributed by atoms with Crippen molar-refractivity contribution in [2.75, 3.05) is 22.9 Å². The third-order valence-electron chi connectivity index (χ3n) is 3.69. The molecule has 0 spiro atoms. The van der Waals surface area contributed by atoms with Crippen LogP contribution in [0.5, 0.6) is 0 Å². The number of hydrogen-bond acceptors (Lipinski definition) is 7. The van der Waals surface area contributed by atoms with Crippen LogP contribution < -0.4 is 16.0 Å². The number of nitrogens with one attached hydrogen (secondary N) is 3. The van der Waals surface area contributed by atoms with E-state index in [0.29, 0.717) is 9.47 Å². The van der Waals surface area contributed by atoms with Crippen LogP contribution in [0, 0.1) is 18.6 Å². The Balaban J connectivity index is 1.40. The van der Waals surface area contributed by atoms with E-state index in [0.717, 1.165) is 23.4 Å². The lowest BCUT2D eigenvalue weighted by Crippen LogP contribution is -2.33. The molecule has 0 atom stereocenters. The lowest BCUT2D eigenvalue weighted by Gasteiger charge is -2.07. The molecule has 2 aromatic carbocycles. The number of carbonyl (C=O) groups excluding carboxylic acids is 2. The lowest BCUT2D eigenvalue weighted by molar-refractivity contribution is -0.122. The normalized spacial score (nSPS) is 10.5. The monoisotopic (exact) mass is 449 g/mol. The number of benzene rings is 2. The molecule has 7 nitrogen and oxygen atoms in total. The average Bonchev–Trinajstić information content (AvgIpc) is 3.17. The minimum atomic E-state index is -1.07. The molecule has 156 valence electrons. The van der Waals surface area contributed by atoms with Crippen molar-refractivity contribution in [2.45, 2.75) is 11.3 Å². The number of amides is 2. The van der Waals surface area contributed by atoms with Crippen LogP contribution in [-0.4, -0.2) is 34.3 Å². The SMILES string of the molecule is Cc1ccc(Nc2nnc(SCC(=O)NCC(=O)Nc3ccc(F)c(F)c3)s2)cc1. The number of carbonyl (C=O) groups is 2. The molecular formula is C19H17F2N5O2S2. The Kier molecular flexibility index (Phi) is 7.31. The Labute approximate surface area is 179 Å². The van der Waals surface area contributed by atoms with Gasteiger partial charge in [0.2, 0.25) is 16.9 Å². The van der Waals surface area contributed by atoms with Crippen molar-refractivity contribution >= 4 is 51.4 Å². The van der Waals surface area contributed by atoms with Gasteiger partial charge >= 0.3 is 0 Å². The summed E-state index contributed by atoms with van der Waals surface area (Å²) in [5, 5.41) is 16.6. The van der Waals surface area contributed by atoms with Crippen molar-refractivity contribution in [3.63, 3.8) is 0 Å². The van der Waals surface area contributed by atoms with Gasteiger partial charge in [0.15, 0.2) is 16.0 Å². The van der Waals surface area contributed by atoms with Gasteiger partial charge in [0.25, 0.3) is 0 Å². The zero-order valence-electron chi connectivity index (χ0n) is 15.7. The van der Waals surface area contributed by atoms with Gasteiger partial charge in [-0.05, 0) is 31.2 Å². The molecule has 3 N–H and O–H groups in total. The molecule has 1 heterocycles. The number of hydrogen-bond donors (Lipinski definition) is 3. The van der Waals surface area contributed by atoms with E-state index in [4.69, 9.17) is 0 Å². The van der Waals surface area contributed by atoms with Gasteiger partial charge in [-0.3, -0.25) is 9.59 Å². The quantitative estimate of drug-likeness (QED) is 0.454. The minimum Gasteiger partial charge on any atom is -0.346 e. The molecule has 11 heteroatoms. The predicted octanol–water partition coefficient (Wildman–Crippen LogP) is 3.72. The van der Waals surface area contributed by atoms with Crippen molar-refractivity contribution in [2.24, 2.45) is 0 Å². The van der Waals surface area contributed by atoms with Crippen LogP contribution in [0.4, 0.5) is 25.3 Å². The van der Waals surface area contributed by atoms with Gasteiger partial charge in [0.1, 0.15) is 0 Å². The topological polar surface area (TPSA) is 96.0 Å². The number of nitrogens with zero attached hydrogens (tertiary/aromatic N) is 2. The summed E-state index contributed by atoms with van der Waals surface area (Å²) in [5.41, 5.74) is 2.14. The first-order valence-electron chi connectivity index (χ1n) is 8.70. The number of aromatic nitrogens is 2. The molecule has 0 unspecified atom stereocenters. The maximum absolute atomic E-state index is 13.1. The summed E-state index contributed by atoms with van der Waals surface area (Å²) < 4.78 is 26.6. The Morgan fingerprint density at radius 1 is 1.00 bits per heavy atom. The molecule has 0 aliphatic heterocycles. The third-order valence-corrected chi connectivity index (χ3v) is 5.66. The van der Waals surface area contributed by atoms with Gasteiger partial charge in [-0.2, -0.15) is 0 Å². The highest BCUT2D eigenvalue weighted by molar-refractivity contribution is 8.01. The summed E-state index contributed by atoms with van der Waals surface area (Å²) in [6.07, 6.45) is 0. The Morgan fingerprint density at radius 2 is 1.73 bits per heavy atom. The second-order valence-corrected chi connectivity index (χ2v) is 8.31. The van der Waals surface area contributed by atoms with Gasteiger partial charge in [-0.25, -0.2) is 8.78 Å². The molecule has 0 aliphatic carbocycles. The highest BCUT2D eigenvalue weighted by Crippen LogP contribution is 2.27. The molecule has 0 saturated carbocycles. The highest BCUT2D eigenvalue weighted by atomic mass is 32.2. The molecule has 3 aromatic rings. The van der Waals surface area contributed by atoms with Crippen LogP contribution in [0.25, 0.3) is 0 Å². The number of thioether (sulfide) groups is 1. The third kappa shape index (κ3) is 6.49. The predicted molar refractivity (Wildman–Crippen MR) is 113 cm³/mol. The van der Waals surface area contributed by atoms with Crippen molar-refractivity contribution in [3.05, 3.63) is 59.7 Å². The largest absolute Gasteiger partial charge is 0.346 e. The van der Waals surface area contributed by atoms with E-state index in [9.17, 15) is 18.4 Å². The van der Waals surface area contributed by atoms with E-state index in [1.54, 1.807) is 0 Å². The molecule has 1 aromatic heterocycles. The van der Waals surface area contributed by atoms with Crippen LogP contribution in [0.3, 0.4) is 0 Å². The highest BCUT2D eigenvalue weighted by Gasteiger charge is 2.11. The van der Waals surface area contributed by atoms with E-state index in [2.05, 4.69) is 26.1 Å². The smallest absolute Gasteiger partial charge is 0.243 e. The van der Waals surface area contributed by atoms with Gasteiger partial charge in [-0.1, -0.05) is 40.8 Å². The number of anilines is 3. The van der Waals surface area contributed by atoms with Crippen molar-refractivity contribution in [1.29, 1.82) is 0 Å². The van der Waals surface area contributed by atoms with Crippen LogP contribution in [0.15, 0.2) is 46.8 Å².